The zero-order chi connectivity index (χ0) is 13.2. The van der Waals surface area contributed by atoms with Gasteiger partial charge in [0.25, 0.3) is 0 Å². The molecule has 4 heteroatoms. The predicted molar refractivity (Wildman–Crippen MR) is 68.8 cm³/mol. The van der Waals surface area contributed by atoms with Crippen LogP contribution in [0.25, 0.3) is 0 Å². The van der Waals surface area contributed by atoms with Crippen LogP contribution < -0.4 is 0 Å². The lowest BCUT2D eigenvalue weighted by Gasteiger charge is -2.40. The molecule has 2 fully saturated rings. The van der Waals surface area contributed by atoms with Crippen molar-refractivity contribution in [3.63, 3.8) is 0 Å². The molecule has 0 aromatic rings. The maximum absolute atomic E-state index is 5.96. The van der Waals surface area contributed by atoms with Gasteiger partial charge in [0.05, 0.1) is 37.1 Å². The molecule has 2 atom stereocenters. The van der Waals surface area contributed by atoms with Gasteiger partial charge in [0.1, 0.15) is 6.10 Å². The average Bonchev–Trinajstić information content (AvgIpc) is 2.93. The highest BCUT2D eigenvalue weighted by molar-refractivity contribution is 4.85. The standard InChI is InChI=1S/C14H26O4/c1-13(2,18-10-11-9-16-11)6-8-17-14(3,4)12-5-7-15-12/h11-12H,5-10H2,1-4H3. The molecular weight excluding hydrogens is 232 g/mol. The second kappa shape index (κ2) is 5.45. The van der Waals surface area contributed by atoms with Gasteiger partial charge < -0.3 is 18.9 Å². The SMILES string of the molecule is CC(C)(CCOC(C)(C)C1CCO1)OCC1CO1. The molecule has 0 aromatic heterocycles. The lowest BCUT2D eigenvalue weighted by Crippen LogP contribution is -2.48. The molecule has 4 nitrogen and oxygen atoms in total. The Kier molecular flexibility index (Phi) is 4.32. The van der Waals surface area contributed by atoms with E-state index in [0.717, 1.165) is 26.1 Å². The Bertz CT molecular complexity index is 267. The molecule has 2 rings (SSSR count). The summed E-state index contributed by atoms with van der Waals surface area (Å²) < 4.78 is 22.4. The first kappa shape index (κ1) is 14.3. The van der Waals surface area contributed by atoms with E-state index >= 15 is 0 Å². The van der Waals surface area contributed by atoms with Crippen molar-refractivity contribution in [1.82, 2.24) is 0 Å². The third-order valence-corrected chi connectivity index (χ3v) is 3.71. The van der Waals surface area contributed by atoms with Crippen LogP contribution in [0.2, 0.25) is 0 Å². The molecule has 2 aliphatic rings. The molecule has 0 aliphatic carbocycles. The van der Waals surface area contributed by atoms with E-state index in [1.165, 1.54) is 0 Å². The van der Waals surface area contributed by atoms with Gasteiger partial charge in [-0.15, -0.1) is 0 Å². The molecule has 2 aliphatic heterocycles. The predicted octanol–water partition coefficient (Wildman–Crippen LogP) is 2.15. The Morgan fingerprint density at radius 3 is 2.28 bits per heavy atom. The summed E-state index contributed by atoms with van der Waals surface area (Å²) >= 11 is 0. The molecule has 0 saturated carbocycles. The smallest absolute Gasteiger partial charge is 0.104 e. The summed E-state index contributed by atoms with van der Waals surface area (Å²) in [5.74, 6) is 0. The van der Waals surface area contributed by atoms with Crippen LogP contribution in [0.3, 0.4) is 0 Å². The lowest BCUT2D eigenvalue weighted by molar-refractivity contribution is -0.186. The van der Waals surface area contributed by atoms with Gasteiger partial charge in [-0.05, 0) is 40.5 Å². The van der Waals surface area contributed by atoms with Crippen LogP contribution in [0, 0.1) is 0 Å². The van der Waals surface area contributed by atoms with E-state index in [1.54, 1.807) is 0 Å². The summed E-state index contributed by atoms with van der Waals surface area (Å²) in [6.07, 6.45) is 2.56. The maximum Gasteiger partial charge on any atom is 0.104 e. The summed E-state index contributed by atoms with van der Waals surface area (Å²) in [7, 11) is 0. The largest absolute Gasteiger partial charge is 0.375 e. The van der Waals surface area contributed by atoms with Crippen molar-refractivity contribution in [2.24, 2.45) is 0 Å². The molecule has 0 bridgehead atoms. The lowest BCUT2D eigenvalue weighted by atomic mass is 9.95. The van der Waals surface area contributed by atoms with Gasteiger partial charge in [-0.1, -0.05) is 0 Å². The van der Waals surface area contributed by atoms with Crippen molar-refractivity contribution in [2.75, 3.05) is 26.4 Å². The molecule has 0 N–H and O–H groups in total. The summed E-state index contributed by atoms with van der Waals surface area (Å²) in [6.45, 7) is 11.5. The number of rotatable bonds is 8. The fraction of sp³-hybridized carbons (Fsp3) is 1.00. The topological polar surface area (TPSA) is 40.2 Å². The van der Waals surface area contributed by atoms with Crippen molar-refractivity contribution in [3.05, 3.63) is 0 Å². The van der Waals surface area contributed by atoms with E-state index in [-0.39, 0.29) is 17.3 Å². The maximum atomic E-state index is 5.96. The molecule has 2 heterocycles. The normalized spacial score (nSPS) is 28.0. The monoisotopic (exact) mass is 258 g/mol. The van der Waals surface area contributed by atoms with Crippen molar-refractivity contribution >= 4 is 0 Å². The Labute approximate surface area is 110 Å². The van der Waals surface area contributed by atoms with Crippen molar-refractivity contribution < 1.29 is 18.9 Å². The highest BCUT2D eigenvalue weighted by Gasteiger charge is 2.36. The van der Waals surface area contributed by atoms with E-state index in [9.17, 15) is 0 Å². The summed E-state index contributed by atoms with van der Waals surface area (Å²) in [5, 5.41) is 0. The van der Waals surface area contributed by atoms with E-state index in [0.29, 0.717) is 19.3 Å². The van der Waals surface area contributed by atoms with Crippen LogP contribution in [-0.2, 0) is 18.9 Å². The minimum Gasteiger partial charge on any atom is -0.375 e. The molecule has 0 radical (unpaired) electrons. The molecular formula is C14H26O4. The molecule has 18 heavy (non-hydrogen) atoms. The third kappa shape index (κ3) is 4.19. The van der Waals surface area contributed by atoms with Crippen LogP contribution in [0.4, 0.5) is 0 Å². The summed E-state index contributed by atoms with van der Waals surface area (Å²) in [6, 6.07) is 0. The Morgan fingerprint density at radius 2 is 1.78 bits per heavy atom. The number of epoxide rings is 1. The zero-order valence-electron chi connectivity index (χ0n) is 12.0. The van der Waals surface area contributed by atoms with Crippen LogP contribution in [0.1, 0.15) is 40.5 Å². The molecule has 0 spiro atoms. The molecule has 0 amide bonds. The first-order valence-electron chi connectivity index (χ1n) is 6.90. The molecule has 0 aromatic carbocycles. The second-order valence-electron chi connectivity index (χ2n) is 6.38. The number of hydrogen-bond acceptors (Lipinski definition) is 4. The summed E-state index contributed by atoms with van der Waals surface area (Å²) in [5.41, 5.74) is -0.337. The average molecular weight is 258 g/mol. The van der Waals surface area contributed by atoms with Crippen LogP contribution in [0.15, 0.2) is 0 Å². The minimum absolute atomic E-state index is 0.150. The fourth-order valence-electron chi connectivity index (χ4n) is 1.99. The van der Waals surface area contributed by atoms with Gasteiger partial charge >= 0.3 is 0 Å². The van der Waals surface area contributed by atoms with Crippen LogP contribution in [-0.4, -0.2) is 49.8 Å². The van der Waals surface area contributed by atoms with Gasteiger partial charge in [-0.2, -0.15) is 0 Å². The number of ether oxygens (including phenoxy) is 4. The van der Waals surface area contributed by atoms with Gasteiger partial charge in [0.15, 0.2) is 0 Å². The zero-order valence-corrected chi connectivity index (χ0v) is 12.0. The number of hydrogen-bond donors (Lipinski definition) is 0. The van der Waals surface area contributed by atoms with Crippen molar-refractivity contribution in [3.8, 4) is 0 Å². The molecule has 2 saturated heterocycles. The third-order valence-electron chi connectivity index (χ3n) is 3.71. The highest BCUT2D eigenvalue weighted by Crippen LogP contribution is 2.28. The van der Waals surface area contributed by atoms with Crippen molar-refractivity contribution in [2.45, 2.75) is 63.9 Å². The van der Waals surface area contributed by atoms with Crippen LogP contribution >= 0.6 is 0 Å². The van der Waals surface area contributed by atoms with E-state index in [2.05, 4.69) is 27.7 Å². The Hall–Kier alpha value is -0.160. The van der Waals surface area contributed by atoms with Gasteiger partial charge in [0, 0.05) is 6.61 Å². The first-order chi connectivity index (χ1) is 8.39. The van der Waals surface area contributed by atoms with Gasteiger partial charge in [-0.25, -0.2) is 0 Å². The van der Waals surface area contributed by atoms with Crippen molar-refractivity contribution in [1.29, 1.82) is 0 Å². The van der Waals surface area contributed by atoms with E-state index in [4.69, 9.17) is 18.9 Å². The fourth-order valence-corrected chi connectivity index (χ4v) is 1.99. The minimum atomic E-state index is -0.187. The Balaban J connectivity index is 1.63. The Morgan fingerprint density at radius 1 is 1.11 bits per heavy atom. The molecule has 2 unspecified atom stereocenters. The van der Waals surface area contributed by atoms with Gasteiger partial charge in [0.2, 0.25) is 0 Å². The second-order valence-corrected chi connectivity index (χ2v) is 6.38. The van der Waals surface area contributed by atoms with E-state index in [1.807, 2.05) is 0 Å². The highest BCUT2D eigenvalue weighted by atomic mass is 16.6. The van der Waals surface area contributed by atoms with Gasteiger partial charge in [-0.3, -0.25) is 0 Å². The quantitative estimate of drug-likeness (QED) is 0.626. The van der Waals surface area contributed by atoms with E-state index < -0.39 is 0 Å². The first-order valence-corrected chi connectivity index (χ1v) is 6.90. The summed E-state index contributed by atoms with van der Waals surface area (Å²) in [4.78, 5) is 0. The molecule has 106 valence electrons. The van der Waals surface area contributed by atoms with Crippen LogP contribution in [0.5, 0.6) is 0 Å².